The zero-order valence-corrected chi connectivity index (χ0v) is 13.7. The number of ether oxygens (including phenoxy) is 1. The van der Waals surface area contributed by atoms with E-state index in [1.807, 2.05) is 6.07 Å². The average molecular weight is 332 g/mol. The maximum Gasteiger partial charge on any atom is 0.240 e. The van der Waals surface area contributed by atoms with Crippen molar-refractivity contribution >= 4 is 22.4 Å². The SMILES string of the molecule is O=C(CN1CCO[C@@H](CCc2ccccc2)C1)Nc1nncs1. The molecular weight excluding hydrogens is 312 g/mol. The van der Waals surface area contributed by atoms with Crippen LogP contribution in [0.15, 0.2) is 35.8 Å². The average Bonchev–Trinajstić information content (AvgIpc) is 3.07. The molecule has 2 aromatic rings. The largest absolute Gasteiger partial charge is 0.376 e. The molecule has 0 bridgehead atoms. The molecule has 1 aromatic carbocycles. The van der Waals surface area contributed by atoms with Gasteiger partial charge in [0.05, 0.1) is 19.3 Å². The molecule has 6 nitrogen and oxygen atoms in total. The summed E-state index contributed by atoms with van der Waals surface area (Å²) in [4.78, 5) is 14.1. The highest BCUT2D eigenvalue weighted by Crippen LogP contribution is 2.13. The van der Waals surface area contributed by atoms with Crippen LogP contribution in [0.25, 0.3) is 0 Å². The molecule has 1 amide bonds. The molecule has 122 valence electrons. The van der Waals surface area contributed by atoms with Gasteiger partial charge in [0.1, 0.15) is 5.51 Å². The Morgan fingerprint density at radius 1 is 1.39 bits per heavy atom. The van der Waals surface area contributed by atoms with Crippen molar-refractivity contribution in [2.24, 2.45) is 0 Å². The number of aromatic nitrogens is 2. The summed E-state index contributed by atoms with van der Waals surface area (Å²) in [6.07, 6.45) is 2.15. The molecule has 1 atom stereocenters. The van der Waals surface area contributed by atoms with Gasteiger partial charge >= 0.3 is 0 Å². The van der Waals surface area contributed by atoms with E-state index < -0.39 is 0 Å². The molecule has 7 heteroatoms. The lowest BCUT2D eigenvalue weighted by molar-refractivity contribution is -0.119. The van der Waals surface area contributed by atoms with Crippen LogP contribution < -0.4 is 5.32 Å². The fraction of sp³-hybridized carbons (Fsp3) is 0.438. The predicted octanol–water partition coefficient (Wildman–Crippen LogP) is 1.81. The Hall–Kier alpha value is -1.83. The lowest BCUT2D eigenvalue weighted by Crippen LogP contribution is -2.45. The molecular formula is C16H20N4O2S. The molecule has 1 aliphatic rings. The van der Waals surface area contributed by atoms with E-state index in [2.05, 4.69) is 44.7 Å². The number of anilines is 1. The summed E-state index contributed by atoms with van der Waals surface area (Å²) in [7, 11) is 0. The Kier molecular flexibility index (Phi) is 5.68. The topological polar surface area (TPSA) is 67.3 Å². The van der Waals surface area contributed by atoms with E-state index in [9.17, 15) is 4.79 Å². The highest BCUT2D eigenvalue weighted by atomic mass is 32.1. The van der Waals surface area contributed by atoms with Crippen molar-refractivity contribution in [3.05, 3.63) is 41.4 Å². The first-order valence-corrected chi connectivity index (χ1v) is 8.61. The van der Waals surface area contributed by atoms with Crippen molar-refractivity contribution in [3.63, 3.8) is 0 Å². The van der Waals surface area contributed by atoms with Crippen LogP contribution in [0.5, 0.6) is 0 Å². The second-order valence-corrected chi connectivity index (χ2v) is 6.38. The Balaban J connectivity index is 1.43. The molecule has 0 radical (unpaired) electrons. The molecule has 23 heavy (non-hydrogen) atoms. The zero-order chi connectivity index (χ0) is 15.9. The Morgan fingerprint density at radius 3 is 3.04 bits per heavy atom. The maximum atomic E-state index is 12.0. The molecule has 3 rings (SSSR count). The van der Waals surface area contributed by atoms with E-state index in [-0.39, 0.29) is 12.0 Å². The molecule has 0 spiro atoms. The third kappa shape index (κ3) is 5.09. The van der Waals surface area contributed by atoms with Crippen LogP contribution in [0.2, 0.25) is 0 Å². The number of carbonyl (C=O) groups excluding carboxylic acids is 1. The van der Waals surface area contributed by atoms with Gasteiger partial charge in [-0.1, -0.05) is 41.7 Å². The second-order valence-electron chi connectivity index (χ2n) is 5.54. The lowest BCUT2D eigenvalue weighted by atomic mass is 10.1. The monoisotopic (exact) mass is 332 g/mol. The summed E-state index contributed by atoms with van der Waals surface area (Å²) in [5.41, 5.74) is 2.92. The van der Waals surface area contributed by atoms with E-state index in [0.29, 0.717) is 18.3 Å². The molecule has 1 aliphatic heterocycles. The van der Waals surface area contributed by atoms with Crippen LogP contribution in [-0.4, -0.2) is 53.3 Å². The van der Waals surface area contributed by atoms with Gasteiger partial charge in [-0.05, 0) is 18.4 Å². The van der Waals surface area contributed by atoms with Gasteiger partial charge in [0.15, 0.2) is 0 Å². The van der Waals surface area contributed by atoms with Gasteiger partial charge in [-0.25, -0.2) is 0 Å². The number of hydrogen-bond donors (Lipinski definition) is 1. The Morgan fingerprint density at radius 2 is 2.26 bits per heavy atom. The Labute approximate surface area is 139 Å². The zero-order valence-electron chi connectivity index (χ0n) is 12.9. The third-order valence-electron chi connectivity index (χ3n) is 3.79. The number of aryl methyl sites for hydroxylation is 1. The van der Waals surface area contributed by atoms with Crippen molar-refractivity contribution in [2.45, 2.75) is 18.9 Å². The first-order chi connectivity index (χ1) is 11.3. The fourth-order valence-corrected chi connectivity index (χ4v) is 3.12. The predicted molar refractivity (Wildman–Crippen MR) is 89.5 cm³/mol. The molecule has 0 saturated carbocycles. The molecule has 0 aliphatic carbocycles. The third-order valence-corrected chi connectivity index (χ3v) is 4.40. The number of carbonyl (C=O) groups is 1. The minimum Gasteiger partial charge on any atom is -0.376 e. The minimum absolute atomic E-state index is 0.0505. The molecule has 2 heterocycles. The van der Waals surface area contributed by atoms with Crippen molar-refractivity contribution < 1.29 is 9.53 Å². The normalized spacial score (nSPS) is 18.7. The van der Waals surface area contributed by atoms with Crippen molar-refractivity contribution in [3.8, 4) is 0 Å². The van der Waals surface area contributed by atoms with Crippen LogP contribution in [0, 0.1) is 0 Å². The summed E-state index contributed by atoms with van der Waals surface area (Å²) in [5.74, 6) is -0.0505. The molecule has 0 unspecified atom stereocenters. The van der Waals surface area contributed by atoms with Gasteiger partial charge in [-0.3, -0.25) is 15.0 Å². The maximum absolute atomic E-state index is 12.0. The number of benzene rings is 1. The quantitative estimate of drug-likeness (QED) is 0.874. The fourth-order valence-electron chi connectivity index (χ4n) is 2.66. The van der Waals surface area contributed by atoms with Gasteiger partial charge in [0.25, 0.3) is 0 Å². The first kappa shape index (κ1) is 16.0. The highest BCUT2D eigenvalue weighted by molar-refractivity contribution is 7.13. The van der Waals surface area contributed by atoms with Gasteiger partial charge in [0.2, 0.25) is 11.0 Å². The van der Waals surface area contributed by atoms with Gasteiger partial charge < -0.3 is 4.74 Å². The van der Waals surface area contributed by atoms with Crippen LogP contribution in [-0.2, 0) is 16.0 Å². The van der Waals surface area contributed by atoms with Crippen molar-refractivity contribution in [1.82, 2.24) is 15.1 Å². The summed E-state index contributed by atoms with van der Waals surface area (Å²) in [6, 6.07) is 10.4. The second kappa shape index (κ2) is 8.14. The van der Waals surface area contributed by atoms with Crippen molar-refractivity contribution in [1.29, 1.82) is 0 Å². The standard InChI is InChI=1S/C16H20N4O2S/c21-15(18-16-19-17-12-23-16)11-20-8-9-22-14(10-20)7-6-13-4-2-1-3-5-13/h1-5,12,14H,6-11H2,(H,18,19,21)/t14-/m0/s1. The summed E-state index contributed by atoms with van der Waals surface area (Å²) in [6.45, 7) is 2.61. The minimum atomic E-state index is -0.0505. The van der Waals surface area contributed by atoms with Crippen LogP contribution >= 0.6 is 11.3 Å². The number of rotatable bonds is 6. The van der Waals surface area contributed by atoms with E-state index in [1.54, 1.807) is 5.51 Å². The van der Waals surface area contributed by atoms with Gasteiger partial charge in [-0.2, -0.15) is 0 Å². The number of amides is 1. The van der Waals surface area contributed by atoms with Crippen molar-refractivity contribution in [2.75, 3.05) is 31.6 Å². The molecule has 1 aromatic heterocycles. The molecule has 1 fully saturated rings. The number of nitrogens with zero attached hydrogens (tertiary/aromatic N) is 3. The molecule has 1 N–H and O–H groups in total. The summed E-state index contributed by atoms with van der Waals surface area (Å²) in [5, 5.41) is 10.8. The Bertz CT molecular complexity index is 606. The van der Waals surface area contributed by atoms with Gasteiger partial charge in [-0.15, -0.1) is 10.2 Å². The summed E-state index contributed by atoms with van der Waals surface area (Å²) >= 11 is 1.32. The lowest BCUT2D eigenvalue weighted by Gasteiger charge is -2.32. The van der Waals surface area contributed by atoms with Crippen LogP contribution in [0.4, 0.5) is 5.13 Å². The number of hydrogen-bond acceptors (Lipinski definition) is 6. The van der Waals surface area contributed by atoms with Gasteiger partial charge in [0, 0.05) is 13.1 Å². The van der Waals surface area contributed by atoms with Crippen LogP contribution in [0.3, 0.4) is 0 Å². The van der Waals surface area contributed by atoms with E-state index in [0.717, 1.165) is 25.9 Å². The highest BCUT2D eigenvalue weighted by Gasteiger charge is 2.22. The smallest absolute Gasteiger partial charge is 0.240 e. The van der Waals surface area contributed by atoms with E-state index in [1.165, 1.54) is 16.9 Å². The number of morpholine rings is 1. The number of nitrogens with one attached hydrogen (secondary N) is 1. The summed E-state index contributed by atoms with van der Waals surface area (Å²) < 4.78 is 5.82. The first-order valence-electron chi connectivity index (χ1n) is 7.73. The van der Waals surface area contributed by atoms with E-state index in [4.69, 9.17) is 4.74 Å². The molecule has 1 saturated heterocycles. The van der Waals surface area contributed by atoms with Crippen LogP contribution in [0.1, 0.15) is 12.0 Å². The van der Waals surface area contributed by atoms with E-state index >= 15 is 0 Å².